The van der Waals surface area contributed by atoms with E-state index in [1.807, 2.05) is 18.2 Å². The number of nitrogens with zero attached hydrogens (tertiary/aromatic N) is 2. The Morgan fingerprint density at radius 3 is 2.50 bits per heavy atom. The Kier molecular flexibility index (Phi) is 5.62. The minimum Gasteiger partial charge on any atom is -0.325 e. The van der Waals surface area contributed by atoms with E-state index in [1.165, 1.54) is 23.9 Å². The lowest BCUT2D eigenvalue weighted by Gasteiger charge is -2.08. The van der Waals surface area contributed by atoms with E-state index in [-0.39, 0.29) is 17.5 Å². The van der Waals surface area contributed by atoms with E-state index in [0.717, 1.165) is 5.56 Å². The van der Waals surface area contributed by atoms with Crippen LogP contribution in [0.1, 0.15) is 5.56 Å². The first-order chi connectivity index (χ1) is 12.7. The van der Waals surface area contributed by atoms with Crippen molar-refractivity contribution in [2.24, 2.45) is 0 Å². The van der Waals surface area contributed by atoms with Crippen molar-refractivity contribution < 1.29 is 9.18 Å². The van der Waals surface area contributed by atoms with Gasteiger partial charge in [0.15, 0.2) is 0 Å². The number of amides is 1. The van der Waals surface area contributed by atoms with Gasteiger partial charge in [0.2, 0.25) is 5.91 Å². The molecule has 1 heterocycles. The van der Waals surface area contributed by atoms with Crippen molar-refractivity contribution in [3.8, 4) is 17.3 Å². The Morgan fingerprint density at radius 2 is 1.81 bits per heavy atom. The number of benzene rings is 2. The van der Waals surface area contributed by atoms with Crippen LogP contribution >= 0.6 is 11.8 Å². The van der Waals surface area contributed by atoms with E-state index in [2.05, 4.69) is 16.4 Å². The summed E-state index contributed by atoms with van der Waals surface area (Å²) in [5.74, 6) is -0.377. The van der Waals surface area contributed by atoms with Crippen LogP contribution in [0.25, 0.3) is 11.3 Å². The van der Waals surface area contributed by atoms with E-state index >= 15 is 0 Å². The monoisotopic (exact) mass is 363 g/mol. The second-order valence-corrected chi connectivity index (χ2v) is 6.33. The molecule has 3 aromatic rings. The van der Waals surface area contributed by atoms with Crippen LogP contribution < -0.4 is 5.32 Å². The SMILES string of the molecule is N#Cc1ccc(-c2ccc(F)cc2)nc1SCC(=O)Nc1ccccc1. The molecular weight excluding hydrogens is 349 g/mol. The van der Waals surface area contributed by atoms with Crippen molar-refractivity contribution in [2.75, 3.05) is 11.1 Å². The fourth-order valence-corrected chi connectivity index (χ4v) is 3.04. The lowest BCUT2D eigenvalue weighted by atomic mass is 10.1. The van der Waals surface area contributed by atoms with Gasteiger partial charge in [-0.25, -0.2) is 9.37 Å². The molecule has 1 N–H and O–H groups in total. The van der Waals surface area contributed by atoms with Gasteiger partial charge in [-0.3, -0.25) is 4.79 Å². The number of nitriles is 1. The summed E-state index contributed by atoms with van der Waals surface area (Å²) in [5.41, 5.74) is 2.47. The van der Waals surface area contributed by atoms with Crippen LogP contribution in [-0.4, -0.2) is 16.6 Å². The van der Waals surface area contributed by atoms with Crippen LogP contribution in [0.2, 0.25) is 0 Å². The highest BCUT2D eigenvalue weighted by molar-refractivity contribution is 8.00. The number of pyridine rings is 1. The highest BCUT2D eigenvalue weighted by Crippen LogP contribution is 2.25. The van der Waals surface area contributed by atoms with Gasteiger partial charge in [0, 0.05) is 11.3 Å². The van der Waals surface area contributed by atoms with Crippen LogP contribution in [0.3, 0.4) is 0 Å². The molecule has 0 aliphatic rings. The normalized spacial score (nSPS) is 10.2. The van der Waals surface area contributed by atoms with Crippen molar-refractivity contribution >= 4 is 23.4 Å². The van der Waals surface area contributed by atoms with Gasteiger partial charge in [-0.2, -0.15) is 5.26 Å². The second kappa shape index (κ2) is 8.28. The quantitative estimate of drug-likeness (QED) is 0.678. The predicted octanol–water partition coefficient (Wildman–Crippen LogP) is 4.49. The number of thioether (sulfide) groups is 1. The molecule has 1 aromatic heterocycles. The zero-order valence-corrected chi connectivity index (χ0v) is 14.5. The molecule has 0 aliphatic heterocycles. The summed E-state index contributed by atoms with van der Waals surface area (Å²) in [6.45, 7) is 0. The largest absolute Gasteiger partial charge is 0.325 e. The predicted molar refractivity (Wildman–Crippen MR) is 100 cm³/mol. The zero-order chi connectivity index (χ0) is 18.4. The first kappa shape index (κ1) is 17.6. The molecule has 0 fully saturated rings. The molecule has 3 rings (SSSR count). The molecule has 2 aromatic carbocycles. The fraction of sp³-hybridized carbons (Fsp3) is 0.0500. The van der Waals surface area contributed by atoms with Gasteiger partial charge in [0.05, 0.1) is 17.0 Å². The molecule has 6 heteroatoms. The molecule has 26 heavy (non-hydrogen) atoms. The first-order valence-corrected chi connectivity index (χ1v) is 8.79. The van der Waals surface area contributed by atoms with Gasteiger partial charge in [-0.1, -0.05) is 30.0 Å². The molecule has 0 bridgehead atoms. The van der Waals surface area contributed by atoms with Crippen LogP contribution in [0, 0.1) is 17.1 Å². The molecule has 0 saturated heterocycles. The molecule has 0 saturated carbocycles. The zero-order valence-electron chi connectivity index (χ0n) is 13.6. The van der Waals surface area contributed by atoms with Gasteiger partial charge in [-0.15, -0.1) is 0 Å². The van der Waals surface area contributed by atoms with Gasteiger partial charge >= 0.3 is 0 Å². The van der Waals surface area contributed by atoms with Gasteiger partial charge in [0.1, 0.15) is 16.9 Å². The number of nitrogens with one attached hydrogen (secondary N) is 1. The van der Waals surface area contributed by atoms with Crippen LogP contribution in [-0.2, 0) is 4.79 Å². The highest BCUT2D eigenvalue weighted by Gasteiger charge is 2.11. The summed E-state index contributed by atoms with van der Waals surface area (Å²) >= 11 is 1.19. The third-order valence-electron chi connectivity index (χ3n) is 3.52. The van der Waals surface area contributed by atoms with E-state index in [1.54, 1.807) is 36.4 Å². The molecule has 0 spiro atoms. The molecule has 4 nitrogen and oxygen atoms in total. The van der Waals surface area contributed by atoms with Crippen LogP contribution in [0.4, 0.5) is 10.1 Å². The second-order valence-electron chi connectivity index (χ2n) is 5.37. The third kappa shape index (κ3) is 4.47. The number of carbonyl (C=O) groups excluding carboxylic acids is 1. The number of hydrogen-bond donors (Lipinski definition) is 1. The van der Waals surface area contributed by atoms with E-state index in [9.17, 15) is 14.4 Å². The van der Waals surface area contributed by atoms with Gasteiger partial charge in [0.25, 0.3) is 0 Å². The highest BCUT2D eigenvalue weighted by atomic mass is 32.2. The van der Waals surface area contributed by atoms with Crippen LogP contribution in [0.5, 0.6) is 0 Å². The standard InChI is InChI=1S/C20H14FN3OS/c21-16-9-6-14(7-10-16)18-11-8-15(12-22)20(24-18)26-13-19(25)23-17-4-2-1-3-5-17/h1-11H,13H2,(H,23,25). The lowest BCUT2D eigenvalue weighted by Crippen LogP contribution is -2.14. The number of halogens is 1. The number of hydrogen-bond acceptors (Lipinski definition) is 4. The maximum absolute atomic E-state index is 13.1. The lowest BCUT2D eigenvalue weighted by molar-refractivity contribution is -0.113. The minimum absolute atomic E-state index is 0.128. The van der Waals surface area contributed by atoms with E-state index in [4.69, 9.17) is 0 Å². The van der Waals surface area contributed by atoms with Crippen molar-refractivity contribution in [3.05, 3.63) is 78.1 Å². The molecule has 0 unspecified atom stereocenters. The third-order valence-corrected chi connectivity index (χ3v) is 4.51. The van der Waals surface area contributed by atoms with E-state index in [0.29, 0.717) is 22.0 Å². The average Bonchev–Trinajstić information content (AvgIpc) is 2.67. The number of anilines is 1. The Labute approximate surface area is 154 Å². The summed E-state index contributed by atoms with van der Waals surface area (Å²) in [7, 11) is 0. The van der Waals surface area contributed by atoms with Crippen molar-refractivity contribution in [1.82, 2.24) is 4.98 Å². The van der Waals surface area contributed by atoms with Gasteiger partial charge < -0.3 is 5.32 Å². The van der Waals surface area contributed by atoms with Crippen molar-refractivity contribution in [3.63, 3.8) is 0 Å². The maximum Gasteiger partial charge on any atom is 0.234 e. The molecule has 0 radical (unpaired) electrons. The summed E-state index contributed by atoms with van der Waals surface area (Å²) in [5, 5.41) is 12.5. The smallest absolute Gasteiger partial charge is 0.234 e. The molecule has 0 aliphatic carbocycles. The van der Waals surface area contributed by atoms with E-state index < -0.39 is 0 Å². The maximum atomic E-state index is 13.1. The van der Waals surface area contributed by atoms with Crippen molar-refractivity contribution in [2.45, 2.75) is 5.03 Å². The summed E-state index contributed by atoms with van der Waals surface area (Å²) in [4.78, 5) is 16.6. The minimum atomic E-state index is -0.324. The first-order valence-electron chi connectivity index (χ1n) is 7.80. The average molecular weight is 363 g/mol. The summed E-state index contributed by atoms with van der Waals surface area (Å²) in [6.07, 6.45) is 0. The summed E-state index contributed by atoms with van der Waals surface area (Å²) < 4.78 is 13.1. The Morgan fingerprint density at radius 1 is 1.08 bits per heavy atom. The van der Waals surface area contributed by atoms with Crippen molar-refractivity contribution in [1.29, 1.82) is 5.26 Å². The molecule has 0 atom stereocenters. The summed E-state index contributed by atoms with van der Waals surface area (Å²) in [6, 6.07) is 20.6. The Bertz CT molecular complexity index is 953. The fourth-order valence-electron chi connectivity index (χ4n) is 2.27. The topological polar surface area (TPSA) is 65.8 Å². The Hall–Kier alpha value is -3.17. The Balaban J connectivity index is 1.74. The molecular formula is C20H14FN3OS. The number of rotatable bonds is 5. The number of para-hydroxylation sites is 1. The molecule has 128 valence electrons. The number of aromatic nitrogens is 1. The number of carbonyl (C=O) groups is 1. The van der Waals surface area contributed by atoms with Gasteiger partial charge in [-0.05, 0) is 48.5 Å². The molecule has 1 amide bonds. The van der Waals surface area contributed by atoms with Crippen LogP contribution in [0.15, 0.2) is 71.8 Å².